The van der Waals surface area contributed by atoms with Crippen LogP contribution in [-0.4, -0.2) is 132 Å². The first-order chi connectivity index (χ1) is 31.3. The van der Waals surface area contributed by atoms with Gasteiger partial charge in [-0.15, -0.1) is 0 Å². The molecule has 1 saturated carbocycles. The Bertz CT molecular complexity index is 1770. The minimum absolute atomic E-state index is 0.0702. The van der Waals surface area contributed by atoms with Gasteiger partial charge in [0.1, 0.15) is 30.1 Å². The lowest BCUT2D eigenvalue weighted by molar-refractivity contribution is -0.265. The molecule has 14 nitrogen and oxygen atoms in total. The Balaban J connectivity index is 1.71. The number of cyclic esters (lactones) is 1. The number of hydrogen-bond acceptors (Lipinski definition) is 13. The first kappa shape index (κ1) is 55.2. The predicted octanol–water partition coefficient (Wildman–Crippen LogP) is 6.57. The van der Waals surface area contributed by atoms with Gasteiger partial charge in [-0.25, -0.2) is 4.79 Å². The van der Waals surface area contributed by atoms with Crippen LogP contribution in [0.15, 0.2) is 47.6 Å². The summed E-state index contributed by atoms with van der Waals surface area (Å²) in [5, 5.41) is 33.9. The lowest BCUT2D eigenvalue weighted by atomic mass is 9.78. The summed E-state index contributed by atoms with van der Waals surface area (Å²) in [5.74, 6) is -7.89. The number of esters is 1. The van der Waals surface area contributed by atoms with Crippen LogP contribution in [0.5, 0.6) is 0 Å². The highest BCUT2D eigenvalue weighted by Crippen LogP contribution is 2.38. The molecule has 4 rings (SSSR count). The molecule has 0 spiro atoms. The third kappa shape index (κ3) is 14.3. The smallest absolute Gasteiger partial charge is 0.329 e. The quantitative estimate of drug-likeness (QED) is 0.141. The van der Waals surface area contributed by atoms with Gasteiger partial charge in [0.2, 0.25) is 5.79 Å². The van der Waals surface area contributed by atoms with Crippen molar-refractivity contribution >= 4 is 29.2 Å². The molecule has 3 fully saturated rings. The van der Waals surface area contributed by atoms with Gasteiger partial charge in [0.05, 0.1) is 24.4 Å². The molecular formula is C52H81NO13. The second-order valence-corrected chi connectivity index (χ2v) is 19.8. The van der Waals surface area contributed by atoms with E-state index in [9.17, 15) is 39.3 Å². The highest BCUT2D eigenvalue weighted by molar-refractivity contribution is 6.39. The lowest BCUT2D eigenvalue weighted by Gasteiger charge is -2.42. The van der Waals surface area contributed by atoms with E-state index in [2.05, 4.69) is 13.0 Å². The van der Waals surface area contributed by atoms with Crippen LogP contribution in [0.2, 0.25) is 0 Å². The number of carbonyl (C=O) groups is 5. The number of rotatable bonds is 7. The molecule has 2 bridgehead atoms. The molecule has 0 radical (unpaired) electrons. The van der Waals surface area contributed by atoms with Crippen molar-refractivity contribution < 1.29 is 63.0 Å². The number of ether oxygens (including phenoxy) is 5. The molecule has 0 unspecified atom stereocenters. The number of Topliss-reactive ketones (excluding diaryl/α,β-unsaturated/α-hetero) is 3. The Kier molecular flexibility index (Phi) is 21.6. The maximum absolute atomic E-state index is 14.4. The minimum atomic E-state index is -2.43. The SMILES string of the molecule is CC[C@@H]1/C=C\C=CC=C(C)[C@@H](OC)C[C@H]2CC[C@@H](C)[C@@](O)(O2)C(=O)C(=O)N2CCCC[C@H]2C(=O)O[C@@H]([C@H](C)C[C@@H]2CC[C@@H](O)[C@H](OC)C2)CC(=O)[C@H](C)/C=C(/C)[C@@H](O)[C@@H](OC)C(=O)[C@H](C)C1. The molecule has 372 valence electrons. The van der Waals surface area contributed by atoms with E-state index < -0.39 is 83.9 Å². The highest BCUT2D eigenvalue weighted by Gasteiger charge is 2.53. The summed E-state index contributed by atoms with van der Waals surface area (Å²) in [7, 11) is 4.53. The number of amides is 1. The van der Waals surface area contributed by atoms with Gasteiger partial charge in [0.15, 0.2) is 5.78 Å². The van der Waals surface area contributed by atoms with Crippen LogP contribution in [0, 0.1) is 35.5 Å². The fourth-order valence-corrected chi connectivity index (χ4v) is 10.3. The van der Waals surface area contributed by atoms with Crippen molar-refractivity contribution in [3.05, 3.63) is 47.6 Å². The van der Waals surface area contributed by atoms with Gasteiger partial charge in [-0.3, -0.25) is 19.2 Å². The van der Waals surface area contributed by atoms with Crippen LogP contribution < -0.4 is 0 Å². The van der Waals surface area contributed by atoms with Gasteiger partial charge >= 0.3 is 5.97 Å². The monoisotopic (exact) mass is 928 g/mol. The van der Waals surface area contributed by atoms with Crippen molar-refractivity contribution in [2.45, 2.75) is 186 Å². The third-order valence-electron chi connectivity index (χ3n) is 14.9. The van der Waals surface area contributed by atoms with Gasteiger partial charge in [-0.1, -0.05) is 71.1 Å². The molecule has 0 aromatic heterocycles. The van der Waals surface area contributed by atoms with Gasteiger partial charge in [-0.2, -0.15) is 0 Å². The fourth-order valence-electron chi connectivity index (χ4n) is 10.3. The topological polar surface area (TPSA) is 195 Å². The predicted molar refractivity (Wildman–Crippen MR) is 250 cm³/mol. The number of piperidine rings is 1. The molecule has 1 amide bonds. The van der Waals surface area contributed by atoms with Crippen LogP contribution >= 0.6 is 0 Å². The number of aliphatic hydroxyl groups is 3. The van der Waals surface area contributed by atoms with E-state index in [1.807, 2.05) is 45.1 Å². The van der Waals surface area contributed by atoms with Crippen LogP contribution in [0.25, 0.3) is 0 Å². The zero-order valence-corrected chi connectivity index (χ0v) is 41.3. The van der Waals surface area contributed by atoms with Crippen molar-refractivity contribution in [3.63, 3.8) is 0 Å². The number of ketones is 3. The Morgan fingerprint density at radius 3 is 2.26 bits per heavy atom. The van der Waals surface area contributed by atoms with Crippen LogP contribution in [0.3, 0.4) is 0 Å². The first-order valence-electron chi connectivity index (χ1n) is 24.5. The summed E-state index contributed by atoms with van der Waals surface area (Å²) < 4.78 is 29.4. The second kappa shape index (κ2) is 25.8. The summed E-state index contributed by atoms with van der Waals surface area (Å²) in [6.07, 6.45) is 12.1. The van der Waals surface area contributed by atoms with Crippen molar-refractivity contribution in [1.82, 2.24) is 4.90 Å². The Hall–Kier alpha value is -3.37. The van der Waals surface area contributed by atoms with Gasteiger partial charge in [0.25, 0.3) is 11.7 Å². The normalized spacial score (nSPS) is 38.7. The number of fused-ring (bicyclic) bond motifs is 3. The van der Waals surface area contributed by atoms with Crippen LogP contribution in [0.1, 0.15) is 132 Å². The first-order valence-corrected chi connectivity index (χ1v) is 24.5. The third-order valence-corrected chi connectivity index (χ3v) is 14.9. The molecule has 3 heterocycles. The van der Waals surface area contributed by atoms with Crippen molar-refractivity contribution in [1.29, 1.82) is 0 Å². The Morgan fingerprint density at radius 2 is 1.59 bits per heavy atom. The Labute approximate surface area is 393 Å². The average Bonchev–Trinajstić information content (AvgIpc) is 3.30. The lowest BCUT2D eigenvalue weighted by Crippen LogP contribution is -2.61. The van der Waals surface area contributed by atoms with E-state index in [1.54, 1.807) is 41.1 Å². The van der Waals surface area contributed by atoms with E-state index >= 15 is 0 Å². The largest absolute Gasteiger partial charge is 0.460 e. The number of hydrogen-bond donors (Lipinski definition) is 3. The van der Waals surface area contributed by atoms with Crippen molar-refractivity contribution in [2.24, 2.45) is 35.5 Å². The van der Waals surface area contributed by atoms with E-state index in [4.69, 9.17) is 23.7 Å². The maximum atomic E-state index is 14.4. The number of carbonyl (C=O) groups excluding carboxylic acids is 5. The zero-order chi connectivity index (χ0) is 48.9. The number of methoxy groups -OCH3 is 3. The minimum Gasteiger partial charge on any atom is -0.460 e. The van der Waals surface area contributed by atoms with Gasteiger partial charge < -0.3 is 43.9 Å². The molecule has 15 atom stereocenters. The summed E-state index contributed by atoms with van der Waals surface area (Å²) in [6, 6.07) is -1.14. The zero-order valence-electron chi connectivity index (χ0n) is 41.3. The number of allylic oxidation sites excluding steroid dienone is 6. The van der Waals surface area contributed by atoms with E-state index in [1.165, 1.54) is 12.0 Å². The molecule has 66 heavy (non-hydrogen) atoms. The molecule has 14 heteroatoms. The summed E-state index contributed by atoms with van der Waals surface area (Å²) >= 11 is 0. The fraction of sp³-hybridized carbons (Fsp3) is 0.750. The molecule has 3 aliphatic heterocycles. The maximum Gasteiger partial charge on any atom is 0.329 e. The van der Waals surface area contributed by atoms with Gasteiger partial charge in [0, 0.05) is 58.5 Å². The van der Waals surface area contributed by atoms with E-state index in [0.717, 1.165) is 18.4 Å². The molecular weight excluding hydrogens is 847 g/mol. The Morgan fingerprint density at radius 1 is 0.864 bits per heavy atom. The number of aliphatic hydroxyl groups excluding tert-OH is 2. The van der Waals surface area contributed by atoms with Crippen LogP contribution in [0.4, 0.5) is 0 Å². The molecule has 4 aliphatic rings. The summed E-state index contributed by atoms with van der Waals surface area (Å²) in [6.45, 7) is 12.8. The molecule has 1 aliphatic carbocycles. The average molecular weight is 928 g/mol. The summed E-state index contributed by atoms with van der Waals surface area (Å²) in [4.78, 5) is 72.0. The van der Waals surface area contributed by atoms with Crippen molar-refractivity contribution in [2.75, 3.05) is 27.9 Å². The molecule has 2 saturated heterocycles. The van der Waals surface area contributed by atoms with Crippen molar-refractivity contribution in [3.8, 4) is 0 Å². The van der Waals surface area contributed by atoms with Crippen LogP contribution in [-0.2, 0) is 47.7 Å². The molecule has 3 N–H and O–H groups in total. The number of nitrogens with zero attached hydrogens (tertiary/aromatic N) is 1. The van der Waals surface area contributed by atoms with E-state index in [-0.39, 0.29) is 54.8 Å². The highest BCUT2D eigenvalue weighted by atomic mass is 16.6. The van der Waals surface area contributed by atoms with Gasteiger partial charge in [-0.05, 0) is 113 Å². The van der Waals surface area contributed by atoms with E-state index in [0.29, 0.717) is 63.4 Å². The second-order valence-electron chi connectivity index (χ2n) is 19.8. The summed E-state index contributed by atoms with van der Waals surface area (Å²) in [5.41, 5.74) is 1.27. The molecule has 0 aromatic rings. The molecule has 0 aromatic carbocycles. The standard InChI is InChI=1S/C52H81NO13/c1-11-37-18-14-12-13-17-31(2)43(62-8)29-39-22-20-36(7)52(61,66-39)49(58)50(59)53-24-16-15-19-40(53)51(60)65-44(33(4)26-38-21-23-41(54)45(28-38)63-9)30-42(55)32(3)25-34(5)46(56)48(64-10)47(57)35(6)27-37/h12-14,17-18,25,32-33,35-41,43-46,48,54,56,61H,11,15-16,19-24,26-30H2,1-10H3/b13-12?,18-14-,31-17?,34-25-/t32-,33-,35-,36-,37-,38+,39-,40+,41-,43+,44-,45-,46-,48-,52-/m1/s1.